The number of likely N-dealkylation sites (N-methyl/N-ethyl adjacent to an activating group) is 1. The van der Waals surface area contributed by atoms with E-state index in [9.17, 15) is 4.79 Å². The number of carbonyl (C=O) groups is 1. The van der Waals surface area contributed by atoms with Gasteiger partial charge >= 0.3 is 0 Å². The molecule has 0 aliphatic carbocycles. The number of nitrogens with one attached hydrogen (secondary N) is 1. The topological polar surface area (TPSA) is 84.2 Å². The second kappa shape index (κ2) is 6.45. The van der Waals surface area contributed by atoms with Gasteiger partial charge in [0.2, 0.25) is 17.6 Å². The van der Waals surface area contributed by atoms with Gasteiger partial charge in [-0.2, -0.15) is 4.98 Å². The molecule has 0 saturated carbocycles. The maximum absolute atomic E-state index is 12.7. The first-order valence-electron chi connectivity index (χ1n) is 7.82. The van der Waals surface area contributed by atoms with E-state index in [1.165, 1.54) is 0 Å². The quantitative estimate of drug-likeness (QED) is 0.923. The Morgan fingerprint density at radius 3 is 3.04 bits per heavy atom. The summed E-state index contributed by atoms with van der Waals surface area (Å²) in [5.41, 5.74) is 0.288. The fourth-order valence-electron chi connectivity index (χ4n) is 2.87. The predicted molar refractivity (Wildman–Crippen MR) is 84.3 cm³/mol. The van der Waals surface area contributed by atoms with Crippen molar-refractivity contribution in [3.05, 3.63) is 30.4 Å². The summed E-state index contributed by atoms with van der Waals surface area (Å²) in [6, 6.07) is 3.68. The Hall–Kier alpha value is -2.28. The molecule has 7 heteroatoms. The van der Waals surface area contributed by atoms with Crippen molar-refractivity contribution in [1.29, 1.82) is 0 Å². The second-order valence-electron chi connectivity index (χ2n) is 6.13. The van der Waals surface area contributed by atoms with Crippen molar-refractivity contribution >= 4 is 5.91 Å². The Balaban J connectivity index is 1.67. The van der Waals surface area contributed by atoms with Gasteiger partial charge in [0.15, 0.2) is 0 Å². The first-order valence-corrected chi connectivity index (χ1v) is 7.82. The van der Waals surface area contributed by atoms with E-state index in [1.807, 2.05) is 19.1 Å². The van der Waals surface area contributed by atoms with Crippen LogP contribution in [0.3, 0.4) is 0 Å². The number of pyridine rings is 1. The zero-order valence-electron chi connectivity index (χ0n) is 13.5. The summed E-state index contributed by atoms with van der Waals surface area (Å²) < 4.78 is 5.26. The van der Waals surface area contributed by atoms with Crippen LogP contribution >= 0.6 is 0 Å². The first-order chi connectivity index (χ1) is 11.1. The number of hydrogen-bond acceptors (Lipinski definition) is 6. The summed E-state index contributed by atoms with van der Waals surface area (Å²) in [6.07, 6.45) is 6.39. The van der Waals surface area contributed by atoms with E-state index < -0.39 is 5.54 Å². The Morgan fingerprint density at radius 1 is 1.48 bits per heavy atom. The lowest BCUT2D eigenvalue weighted by Crippen LogP contribution is -2.57. The molecule has 0 radical (unpaired) electrons. The average Bonchev–Trinajstić information content (AvgIpc) is 3.04. The number of piperidine rings is 1. The average molecular weight is 315 g/mol. The van der Waals surface area contributed by atoms with E-state index >= 15 is 0 Å². The van der Waals surface area contributed by atoms with Gasteiger partial charge in [0.1, 0.15) is 0 Å². The molecule has 2 aromatic heterocycles. The number of carbonyl (C=O) groups excluding carboxylic acids is 1. The zero-order chi connectivity index (χ0) is 16.3. The van der Waals surface area contributed by atoms with E-state index in [0.29, 0.717) is 18.3 Å². The van der Waals surface area contributed by atoms with Crippen LogP contribution in [-0.2, 0) is 11.3 Å². The first kappa shape index (κ1) is 15.6. The molecule has 3 rings (SSSR count). The molecule has 3 heterocycles. The zero-order valence-corrected chi connectivity index (χ0v) is 13.5. The lowest BCUT2D eigenvalue weighted by molar-refractivity contribution is -0.138. The van der Waals surface area contributed by atoms with Crippen LogP contribution in [0.5, 0.6) is 0 Å². The number of nitrogens with zero attached hydrogens (tertiary/aromatic N) is 4. The SMILES string of the molecule is CN(Cc1nc(-c2cccnc2)no1)C(=O)C1(C)CCCCN1. The summed E-state index contributed by atoms with van der Waals surface area (Å²) in [7, 11) is 1.76. The van der Waals surface area contributed by atoms with Crippen LogP contribution in [0.1, 0.15) is 32.1 Å². The normalized spacial score (nSPS) is 21.1. The minimum Gasteiger partial charge on any atom is -0.337 e. The molecule has 0 spiro atoms. The number of rotatable bonds is 4. The predicted octanol–water partition coefficient (Wildman–Crippen LogP) is 1.62. The minimum atomic E-state index is -0.501. The highest BCUT2D eigenvalue weighted by Crippen LogP contribution is 2.22. The molecule has 2 aromatic rings. The highest BCUT2D eigenvalue weighted by molar-refractivity contribution is 5.85. The third-order valence-corrected chi connectivity index (χ3v) is 4.20. The van der Waals surface area contributed by atoms with Gasteiger partial charge in [0, 0.05) is 25.0 Å². The van der Waals surface area contributed by atoms with Crippen molar-refractivity contribution in [1.82, 2.24) is 25.3 Å². The molecular weight excluding hydrogens is 294 g/mol. The van der Waals surface area contributed by atoms with Gasteiger partial charge in [-0.25, -0.2) is 0 Å². The fraction of sp³-hybridized carbons (Fsp3) is 0.500. The largest absolute Gasteiger partial charge is 0.337 e. The van der Waals surface area contributed by atoms with Crippen LogP contribution in [0.25, 0.3) is 11.4 Å². The van der Waals surface area contributed by atoms with Crippen LogP contribution in [0.4, 0.5) is 0 Å². The van der Waals surface area contributed by atoms with Gasteiger partial charge in [0.05, 0.1) is 12.1 Å². The second-order valence-corrected chi connectivity index (χ2v) is 6.13. The van der Waals surface area contributed by atoms with Gasteiger partial charge < -0.3 is 14.7 Å². The number of amides is 1. The Morgan fingerprint density at radius 2 is 2.35 bits per heavy atom. The van der Waals surface area contributed by atoms with Crippen molar-refractivity contribution in [2.75, 3.05) is 13.6 Å². The highest BCUT2D eigenvalue weighted by Gasteiger charge is 2.36. The molecule has 1 aliphatic heterocycles. The van der Waals surface area contributed by atoms with Crippen LogP contribution < -0.4 is 5.32 Å². The Labute approximate surface area is 135 Å². The number of aromatic nitrogens is 3. The van der Waals surface area contributed by atoms with E-state index in [1.54, 1.807) is 24.3 Å². The molecule has 23 heavy (non-hydrogen) atoms. The summed E-state index contributed by atoms with van der Waals surface area (Å²) in [5, 5.41) is 7.28. The van der Waals surface area contributed by atoms with Crippen molar-refractivity contribution in [2.24, 2.45) is 0 Å². The van der Waals surface area contributed by atoms with E-state index in [0.717, 1.165) is 31.4 Å². The van der Waals surface area contributed by atoms with Crippen LogP contribution in [0.2, 0.25) is 0 Å². The lowest BCUT2D eigenvalue weighted by atomic mass is 9.89. The standard InChI is InChI=1S/C16H21N5O2/c1-16(7-3-4-9-18-16)15(22)21(2)11-13-19-14(20-23-13)12-6-5-8-17-10-12/h5-6,8,10,18H,3-4,7,9,11H2,1-2H3. The summed E-state index contributed by atoms with van der Waals surface area (Å²) in [6.45, 7) is 3.13. The molecule has 1 N–H and O–H groups in total. The van der Waals surface area contributed by atoms with Crippen LogP contribution in [-0.4, -0.2) is 45.1 Å². The Kier molecular flexibility index (Phi) is 4.38. The maximum Gasteiger partial charge on any atom is 0.246 e. The minimum absolute atomic E-state index is 0.0540. The van der Waals surface area contributed by atoms with Crippen LogP contribution in [0, 0.1) is 0 Å². The van der Waals surface area contributed by atoms with Crippen molar-refractivity contribution in [3.8, 4) is 11.4 Å². The lowest BCUT2D eigenvalue weighted by Gasteiger charge is -2.36. The fourth-order valence-corrected chi connectivity index (χ4v) is 2.87. The summed E-state index contributed by atoms with van der Waals surface area (Å²) in [4.78, 5) is 22.7. The molecule has 1 fully saturated rings. The molecule has 0 bridgehead atoms. The van der Waals surface area contributed by atoms with Gasteiger partial charge in [0.25, 0.3) is 0 Å². The highest BCUT2D eigenvalue weighted by atomic mass is 16.5. The molecule has 1 unspecified atom stereocenters. The van der Waals surface area contributed by atoms with Crippen molar-refractivity contribution < 1.29 is 9.32 Å². The molecule has 7 nitrogen and oxygen atoms in total. The molecule has 1 saturated heterocycles. The van der Waals surface area contributed by atoms with Crippen LogP contribution in [0.15, 0.2) is 29.0 Å². The molecule has 122 valence electrons. The van der Waals surface area contributed by atoms with Gasteiger partial charge in [-0.1, -0.05) is 5.16 Å². The molecular formula is C16H21N5O2. The van der Waals surface area contributed by atoms with E-state index in [2.05, 4.69) is 20.4 Å². The van der Waals surface area contributed by atoms with E-state index in [-0.39, 0.29) is 5.91 Å². The monoisotopic (exact) mass is 315 g/mol. The molecule has 1 atom stereocenters. The summed E-state index contributed by atoms with van der Waals surface area (Å²) >= 11 is 0. The van der Waals surface area contributed by atoms with Crippen molar-refractivity contribution in [2.45, 2.75) is 38.3 Å². The third kappa shape index (κ3) is 3.39. The Bertz CT molecular complexity index is 664. The number of hydrogen-bond donors (Lipinski definition) is 1. The van der Waals surface area contributed by atoms with Gasteiger partial charge in [-0.05, 0) is 44.9 Å². The van der Waals surface area contributed by atoms with Gasteiger partial charge in [-0.3, -0.25) is 9.78 Å². The molecule has 0 aromatic carbocycles. The smallest absolute Gasteiger partial charge is 0.246 e. The molecule has 1 aliphatic rings. The molecule has 1 amide bonds. The van der Waals surface area contributed by atoms with Crippen molar-refractivity contribution in [3.63, 3.8) is 0 Å². The van der Waals surface area contributed by atoms with E-state index in [4.69, 9.17) is 4.52 Å². The summed E-state index contributed by atoms with van der Waals surface area (Å²) in [5.74, 6) is 0.952. The third-order valence-electron chi connectivity index (χ3n) is 4.20. The maximum atomic E-state index is 12.7. The van der Waals surface area contributed by atoms with Gasteiger partial charge in [-0.15, -0.1) is 0 Å².